The van der Waals surface area contributed by atoms with Gasteiger partial charge in [0.25, 0.3) is 5.91 Å². The van der Waals surface area contributed by atoms with Gasteiger partial charge in [-0.2, -0.15) is 8.78 Å². The van der Waals surface area contributed by atoms with Crippen LogP contribution in [0.2, 0.25) is 0 Å². The fourth-order valence-corrected chi connectivity index (χ4v) is 3.88. The van der Waals surface area contributed by atoms with E-state index in [9.17, 15) is 46.2 Å². The predicted molar refractivity (Wildman–Crippen MR) is 130 cm³/mol. The first-order valence-corrected chi connectivity index (χ1v) is 11.8. The van der Waals surface area contributed by atoms with Gasteiger partial charge in [-0.05, 0) is 36.6 Å². The Labute approximate surface area is 223 Å². The number of aromatic amines is 1. The highest BCUT2D eigenvalue weighted by molar-refractivity contribution is 6.03. The maximum atomic E-state index is 13.8. The average molecular weight is 569 g/mol. The van der Waals surface area contributed by atoms with Crippen LogP contribution in [0.25, 0.3) is 10.9 Å². The molecule has 1 unspecified atom stereocenters. The summed E-state index contributed by atoms with van der Waals surface area (Å²) in [5.41, 5.74) is 0.906. The van der Waals surface area contributed by atoms with E-state index < -0.39 is 89.4 Å². The zero-order valence-corrected chi connectivity index (χ0v) is 21.3. The molecule has 2 amide bonds. The lowest BCUT2D eigenvalue weighted by atomic mass is 10.0. The fraction of sp³-hybridized carbons (Fsp3) is 0.308. The summed E-state index contributed by atoms with van der Waals surface area (Å²) in [4.78, 5) is 52.8. The number of benzene rings is 2. The molecule has 0 fully saturated rings. The van der Waals surface area contributed by atoms with Crippen molar-refractivity contribution in [1.82, 2.24) is 15.6 Å². The number of halogens is 5. The van der Waals surface area contributed by atoms with Crippen molar-refractivity contribution in [2.75, 3.05) is 6.61 Å². The highest BCUT2D eigenvalue weighted by atomic mass is 19.2. The van der Waals surface area contributed by atoms with E-state index >= 15 is 0 Å². The molecular formula is C26H24F5N3O6. The van der Waals surface area contributed by atoms with Gasteiger partial charge in [0.15, 0.2) is 23.2 Å². The number of aromatic nitrogens is 1. The zero-order chi connectivity index (χ0) is 29.9. The number of nitrogens with one attached hydrogen (secondary N) is 3. The summed E-state index contributed by atoms with van der Waals surface area (Å²) in [6.45, 7) is 3.42. The Bertz CT molecular complexity index is 1460. The van der Waals surface area contributed by atoms with E-state index in [-0.39, 0.29) is 11.8 Å². The summed E-state index contributed by atoms with van der Waals surface area (Å²) in [5.74, 6) is -14.5. The number of ether oxygens (including phenoxy) is 1. The Morgan fingerprint density at radius 1 is 0.975 bits per heavy atom. The number of carboxylic acid groups (broad SMARTS) is 1. The van der Waals surface area contributed by atoms with Gasteiger partial charge in [-0.3, -0.25) is 19.2 Å². The Balaban J connectivity index is 1.77. The van der Waals surface area contributed by atoms with Gasteiger partial charge in [-0.1, -0.05) is 13.8 Å². The van der Waals surface area contributed by atoms with Crippen molar-refractivity contribution in [2.24, 2.45) is 5.92 Å². The fourth-order valence-electron chi connectivity index (χ4n) is 3.88. The Kier molecular flexibility index (Phi) is 9.12. The van der Waals surface area contributed by atoms with Crippen molar-refractivity contribution in [2.45, 2.75) is 39.3 Å². The summed E-state index contributed by atoms with van der Waals surface area (Å²) in [6.07, 6.45) is -0.984. The van der Waals surface area contributed by atoms with E-state index in [2.05, 4.69) is 20.4 Å². The highest BCUT2D eigenvalue weighted by Crippen LogP contribution is 2.26. The van der Waals surface area contributed by atoms with E-state index in [4.69, 9.17) is 0 Å². The summed E-state index contributed by atoms with van der Waals surface area (Å²) < 4.78 is 72.7. The first-order chi connectivity index (χ1) is 18.7. The number of carbonyl (C=O) groups excluding carboxylic acids is 3. The standard InChI is InChI=1S/C26H24F5N3O6/c1-10(2)22(34-26(39)23-11(3)13-6-12(27)4-5-16(13)32-23)25(38)33-17(8-19(36)37)18(35)9-40-24-20(30)14(28)7-15(29)21(24)31/h4-7,10,17,22,32H,8-9H2,1-3H3,(H,33,38)(H,34,39)(H,36,37)/t17?,22-/m0/s1. The van der Waals surface area contributed by atoms with E-state index in [1.54, 1.807) is 20.8 Å². The maximum Gasteiger partial charge on any atom is 0.305 e. The second-order valence-electron chi connectivity index (χ2n) is 9.22. The number of aryl methyl sites for hydroxylation is 1. The lowest BCUT2D eigenvalue weighted by Crippen LogP contribution is -2.54. The van der Waals surface area contributed by atoms with Crippen molar-refractivity contribution in [1.29, 1.82) is 0 Å². The molecule has 0 saturated carbocycles. The third-order valence-corrected chi connectivity index (χ3v) is 6.00. The van der Waals surface area contributed by atoms with Crippen molar-refractivity contribution in [3.05, 3.63) is 64.6 Å². The molecule has 2 aromatic carbocycles. The molecule has 0 bridgehead atoms. The molecule has 214 valence electrons. The molecule has 2 atom stereocenters. The molecule has 3 rings (SSSR count). The van der Waals surface area contributed by atoms with Crippen LogP contribution in [0.3, 0.4) is 0 Å². The van der Waals surface area contributed by atoms with Crippen LogP contribution in [0.5, 0.6) is 5.75 Å². The van der Waals surface area contributed by atoms with E-state index in [0.29, 0.717) is 16.5 Å². The zero-order valence-electron chi connectivity index (χ0n) is 21.3. The minimum Gasteiger partial charge on any atom is -0.481 e. The number of ketones is 1. The topological polar surface area (TPSA) is 138 Å². The van der Waals surface area contributed by atoms with E-state index in [1.165, 1.54) is 18.2 Å². The molecule has 40 heavy (non-hydrogen) atoms. The normalized spacial score (nSPS) is 12.7. The number of hydrogen-bond acceptors (Lipinski definition) is 5. The van der Waals surface area contributed by atoms with Crippen LogP contribution in [0.4, 0.5) is 22.0 Å². The number of Topliss-reactive ketones (excluding diaryl/α,β-unsaturated/α-hetero) is 1. The van der Waals surface area contributed by atoms with Crippen molar-refractivity contribution >= 4 is 34.5 Å². The lowest BCUT2D eigenvalue weighted by Gasteiger charge is -2.24. The lowest BCUT2D eigenvalue weighted by molar-refractivity contribution is -0.140. The van der Waals surface area contributed by atoms with Gasteiger partial charge >= 0.3 is 5.97 Å². The first-order valence-electron chi connectivity index (χ1n) is 11.8. The third kappa shape index (κ3) is 6.55. The molecular weight excluding hydrogens is 545 g/mol. The van der Waals surface area contributed by atoms with Crippen LogP contribution in [0.1, 0.15) is 36.3 Å². The largest absolute Gasteiger partial charge is 0.481 e. The number of carboxylic acids is 1. The third-order valence-electron chi connectivity index (χ3n) is 6.00. The van der Waals surface area contributed by atoms with Crippen LogP contribution in [0, 0.1) is 41.9 Å². The summed E-state index contributed by atoms with van der Waals surface area (Å²) in [6, 6.07) is 0.688. The van der Waals surface area contributed by atoms with Crippen molar-refractivity contribution < 1.29 is 51.0 Å². The maximum absolute atomic E-state index is 13.8. The smallest absolute Gasteiger partial charge is 0.305 e. The molecule has 0 saturated heterocycles. The Morgan fingerprint density at radius 2 is 1.60 bits per heavy atom. The minimum atomic E-state index is -1.91. The Morgan fingerprint density at radius 3 is 2.17 bits per heavy atom. The van der Waals surface area contributed by atoms with Gasteiger partial charge in [-0.25, -0.2) is 13.2 Å². The minimum absolute atomic E-state index is 0.0389. The van der Waals surface area contributed by atoms with Crippen LogP contribution in [-0.4, -0.2) is 52.3 Å². The average Bonchev–Trinajstić information content (AvgIpc) is 3.20. The molecule has 4 N–H and O–H groups in total. The Hall–Kier alpha value is -4.49. The number of fused-ring (bicyclic) bond motifs is 1. The molecule has 14 heteroatoms. The monoisotopic (exact) mass is 569 g/mol. The van der Waals surface area contributed by atoms with Crippen molar-refractivity contribution in [3.63, 3.8) is 0 Å². The quantitative estimate of drug-likeness (QED) is 0.206. The molecule has 0 aliphatic carbocycles. The second kappa shape index (κ2) is 12.1. The highest BCUT2D eigenvalue weighted by Gasteiger charge is 2.32. The molecule has 0 spiro atoms. The van der Waals surface area contributed by atoms with Gasteiger partial charge < -0.3 is 25.5 Å². The van der Waals surface area contributed by atoms with E-state index in [1.807, 2.05) is 0 Å². The second-order valence-corrected chi connectivity index (χ2v) is 9.22. The van der Waals surface area contributed by atoms with Crippen LogP contribution < -0.4 is 15.4 Å². The van der Waals surface area contributed by atoms with Crippen LogP contribution in [-0.2, 0) is 14.4 Å². The van der Waals surface area contributed by atoms with Crippen LogP contribution >= 0.6 is 0 Å². The molecule has 0 aliphatic heterocycles. The van der Waals surface area contributed by atoms with Gasteiger partial charge in [0.2, 0.25) is 17.5 Å². The molecule has 9 nitrogen and oxygen atoms in total. The van der Waals surface area contributed by atoms with Crippen LogP contribution in [0.15, 0.2) is 24.3 Å². The number of H-pyrrole nitrogens is 1. The summed E-state index contributed by atoms with van der Waals surface area (Å²) in [5, 5.41) is 14.3. The van der Waals surface area contributed by atoms with Crippen molar-refractivity contribution in [3.8, 4) is 5.75 Å². The molecule has 0 aliphatic rings. The number of carbonyl (C=O) groups is 4. The first kappa shape index (κ1) is 30.1. The van der Waals surface area contributed by atoms with Gasteiger partial charge in [0.1, 0.15) is 30.2 Å². The number of hydrogen-bond donors (Lipinski definition) is 4. The molecule has 0 radical (unpaired) electrons. The number of amides is 2. The molecule has 3 aromatic rings. The summed E-state index contributed by atoms with van der Waals surface area (Å²) in [7, 11) is 0. The predicted octanol–water partition coefficient (Wildman–Crippen LogP) is 3.53. The van der Waals surface area contributed by atoms with Gasteiger partial charge in [0, 0.05) is 17.0 Å². The number of rotatable bonds is 11. The van der Waals surface area contributed by atoms with Gasteiger partial charge in [0.05, 0.1) is 6.42 Å². The molecule has 1 aromatic heterocycles. The van der Waals surface area contributed by atoms with Gasteiger partial charge in [-0.15, -0.1) is 0 Å². The number of aliphatic carboxylic acids is 1. The van der Waals surface area contributed by atoms with E-state index in [0.717, 1.165) is 0 Å². The molecule has 1 heterocycles. The summed E-state index contributed by atoms with van der Waals surface area (Å²) >= 11 is 0. The SMILES string of the molecule is Cc1c(C(=O)N[C@H](C(=O)NC(CC(=O)O)C(=O)COc2c(F)c(F)cc(F)c2F)C(C)C)[nH]c2ccc(F)cc12.